The Morgan fingerprint density at radius 1 is 1.04 bits per heavy atom. The van der Waals surface area contributed by atoms with E-state index in [1.165, 1.54) is 4.90 Å². The van der Waals surface area contributed by atoms with Crippen molar-refractivity contribution in [3.8, 4) is 11.5 Å². The van der Waals surface area contributed by atoms with Crippen molar-refractivity contribution in [1.29, 1.82) is 0 Å². The zero-order valence-corrected chi connectivity index (χ0v) is 13.0. The highest BCUT2D eigenvalue weighted by Gasteiger charge is 2.43. The molecular weight excluding hydrogens is 298 g/mol. The number of piperazine rings is 1. The van der Waals surface area contributed by atoms with Gasteiger partial charge in [-0.1, -0.05) is 0 Å². The van der Waals surface area contributed by atoms with Crippen molar-refractivity contribution >= 4 is 17.5 Å². The fourth-order valence-corrected chi connectivity index (χ4v) is 3.33. The summed E-state index contributed by atoms with van der Waals surface area (Å²) in [7, 11) is 2.07. The standard InChI is InChI=1S/C16H19N3O4/c1-17-4-6-18(7-5-17)12-9-15(20)19(16(12)21)11-2-3-13-14(8-11)23-10-22-13/h2-3,8,12H,4-7,9-10H2,1H3/t12-/m1/s1. The van der Waals surface area contributed by atoms with Crippen LogP contribution in [-0.2, 0) is 9.59 Å². The van der Waals surface area contributed by atoms with Crippen molar-refractivity contribution in [2.75, 3.05) is 44.9 Å². The number of imide groups is 1. The largest absolute Gasteiger partial charge is 0.454 e. The Kier molecular flexibility index (Phi) is 3.46. The van der Waals surface area contributed by atoms with E-state index in [0.717, 1.165) is 26.2 Å². The number of carbonyl (C=O) groups excluding carboxylic acids is 2. The number of likely N-dealkylation sites (N-methyl/N-ethyl adjacent to an activating group) is 1. The Labute approximate surface area is 134 Å². The van der Waals surface area contributed by atoms with Crippen LogP contribution in [0.2, 0.25) is 0 Å². The van der Waals surface area contributed by atoms with Crippen molar-refractivity contribution in [2.45, 2.75) is 12.5 Å². The molecule has 0 radical (unpaired) electrons. The van der Waals surface area contributed by atoms with Crippen molar-refractivity contribution in [3.63, 3.8) is 0 Å². The first kappa shape index (κ1) is 14.5. The lowest BCUT2D eigenvalue weighted by Crippen LogP contribution is -2.51. The second-order valence-electron chi connectivity index (χ2n) is 6.16. The minimum Gasteiger partial charge on any atom is -0.454 e. The van der Waals surface area contributed by atoms with Crippen molar-refractivity contribution in [2.24, 2.45) is 0 Å². The number of amides is 2. The first-order valence-electron chi connectivity index (χ1n) is 7.82. The van der Waals surface area contributed by atoms with Crippen molar-refractivity contribution in [3.05, 3.63) is 18.2 Å². The lowest BCUT2D eigenvalue weighted by molar-refractivity contribution is -0.123. The number of ether oxygens (including phenoxy) is 2. The second-order valence-corrected chi connectivity index (χ2v) is 6.16. The third-order valence-electron chi connectivity index (χ3n) is 4.72. The lowest BCUT2D eigenvalue weighted by Gasteiger charge is -2.35. The van der Waals surface area contributed by atoms with Gasteiger partial charge < -0.3 is 14.4 Å². The molecular formula is C16H19N3O4. The van der Waals surface area contributed by atoms with Gasteiger partial charge >= 0.3 is 0 Å². The van der Waals surface area contributed by atoms with Crippen LogP contribution < -0.4 is 14.4 Å². The normalized spacial score (nSPS) is 25.4. The molecule has 3 aliphatic heterocycles. The van der Waals surface area contributed by atoms with Gasteiger partial charge in [0.1, 0.15) is 0 Å². The summed E-state index contributed by atoms with van der Waals surface area (Å²) in [4.78, 5) is 30.8. The van der Waals surface area contributed by atoms with Gasteiger partial charge in [0.15, 0.2) is 11.5 Å². The van der Waals surface area contributed by atoms with E-state index in [9.17, 15) is 9.59 Å². The zero-order valence-electron chi connectivity index (χ0n) is 13.0. The maximum atomic E-state index is 12.8. The maximum absolute atomic E-state index is 12.8. The number of hydrogen-bond donors (Lipinski definition) is 0. The first-order chi connectivity index (χ1) is 11.1. The molecule has 7 nitrogen and oxygen atoms in total. The van der Waals surface area contributed by atoms with Crippen LogP contribution in [0.1, 0.15) is 6.42 Å². The molecule has 7 heteroatoms. The van der Waals surface area contributed by atoms with Crippen LogP contribution in [0.3, 0.4) is 0 Å². The molecule has 122 valence electrons. The van der Waals surface area contributed by atoms with Gasteiger partial charge in [-0.3, -0.25) is 14.5 Å². The third-order valence-corrected chi connectivity index (χ3v) is 4.72. The van der Waals surface area contributed by atoms with E-state index in [1.807, 2.05) is 0 Å². The number of hydrogen-bond acceptors (Lipinski definition) is 6. The molecule has 0 spiro atoms. The fraction of sp³-hybridized carbons (Fsp3) is 0.500. The predicted octanol–water partition coefficient (Wildman–Crippen LogP) is 0.295. The Bertz CT molecular complexity index is 655. The van der Waals surface area contributed by atoms with Gasteiger partial charge in [-0.15, -0.1) is 0 Å². The molecule has 0 unspecified atom stereocenters. The lowest BCUT2D eigenvalue weighted by atomic mass is 10.2. The average Bonchev–Trinajstić information content (AvgIpc) is 3.12. The van der Waals surface area contributed by atoms with Gasteiger partial charge in [0.2, 0.25) is 12.7 Å². The van der Waals surface area contributed by atoms with Crippen LogP contribution >= 0.6 is 0 Å². The van der Waals surface area contributed by atoms with E-state index < -0.39 is 0 Å². The average molecular weight is 317 g/mol. The van der Waals surface area contributed by atoms with Gasteiger partial charge in [-0.2, -0.15) is 0 Å². The summed E-state index contributed by atoms with van der Waals surface area (Å²) >= 11 is 0. The molecule has 4 rings (SSSR count). The monoisotopic (exact) mass is 317 g/mol. The van der Waals surface area contributed by atoms with E-state index in [-0.39, 0.29) is 31.1 Å². The molecule has 23 heavy (non-hydrogen) atoms. The number of carbonyl (C=O) groups is 2. The van der Waals surface area contributed by atoms with Crippen LogP contribution in [-0.4, -0.2) is 67.7 Å². The van der Waals surface area contributed by atoms with E-state index >= 15 is 0 Å². The first-order valence-corrected chi connectivity index (χ1v) is 7.82. The number of anilines is 1. The molecule has 1 aromatic rings. The Balaban J connectivity index is 1.56. The number of nitrogens with zero attached hydrogens (tertiary/aromatic N) is 3. The zero-order chi connectivity index (χ0) is 16.0. The minimum absolute atomic E-state index is 0.140. The Morgan fingerprint density at radius 3 is 2.57 bits per heavy atom. The fourth-order valence-electron chi connectivity index (χ4n) is 3.33. The second kappa shape index (κ2) is 5.50. The van der Waals surface area contributed by atoms with Crippen molar-refractivity contribution < 1.29 is 19.1 Å². The summed E-state index contributed by atoms with van der Waals surface area (Å²) in [5, 5.41) is 0. The van der Waals surface area contributed by atoms with E-state index in [2.05, 4.69) is 16.8 Å². The number of fused-ring (bicyclic) bond motifs is 1. The maximum Gasteiger partial charge on any atom is 0.251 e. The molecule has 0 bridgehead atoms. The molecule has 0 N–H and O–H groups in total. The SMILES string of the molecule is CN1CCN([C@@H]2CC(=O)N(c3ccc4c(c3)OCO4)C2=O)CC1. The summed E-state index contributed by atoms with van der Waals surface area (Å²) in [6.45, 7) is 3.64. The molecule has 2 fully saturated rings. The van der Waals surface area contributed by atoms with Gasteiger partial charge in [-0.25, -0.2) is 4.90 Å². The Morgan fingerprint density at radius 2 is 1.78 bits per heavy atom. The Hall–Kier alpha value is -2.12. The summed E-state index contributed by atoms with van der Waals surface area (Å²) in [6, 6.07) is 4.82. The molecule has 2 saturated heterocycles. The molecule has 0 aliphatic carbocycles. The van der Waals surface area contributed by atoms with Crippen LogP contribution in [0, 0.1) is 0 Å². The van der Waals surface area contributed by atoms with E-state index in [1.54, 1.807) is 18.2 Å². The summed E-state index contributed by atoms with van der Waals surface area (Å²) < 4.78 is 10.6. The number of rotatable bonds is 2. The third kappa shape index (κ3) is 2.46. The van der Waals surface area contributed by atoms with Gasteiger partial charge in [-0.05, 0) is 19.2 Å². The highest BCUT2D eigenvalue weighted by Crippen LogP contribution is 2.37. The highest BCUT2D eigenvalue weighted by atomic mass is 16.7. The van der Waals surface area contributed by atoms with Crippen LogP contribution in [0.4, 0.5) is 5.69 Å². The predicted molar refractivity (Wildman–Crippen MR) is 82.5 cm³/mol. The quantitative estimate of drug-likeness (QED) is 0.731. The smallest absolute Gasteiger partial charge is 0.251 e. The van der Waals surface area contributed by atoms with Gasteiger partial charge in [0, 0.05) is 32.2 Å². The molecule has 1 aromatic carbocycles. The number of benzene rings is 1. The summed E-state index contributed by atoms with van der Waals surface area (Å²) in [5.74, 6) is 0.922. The summed E-state index contributed by atoms with van der Waals surface area (Å²) in [6.07, 6.45) is 0.247. The molecule has 2 amide bonds. The molecule has 1 atom stereocenters. The minimum atomic E-state index is -0.346. The van der Waals surface area contributed by atoms with Crippen LogP contribution in [0.25, 0.3) is 0 Å². The van der Waals surface area contributed by atoms with E-state index in [4.69, 9.17) is 9.47 Å². The molecule has 3 aliphatic rings. The highest BCUT2D eigenvalue weighted by molar-refractivity contribution is 6.22. The topological polar surface area (TPSA) is 62.3 Å². The van der Waals surface area contributed by atoms with E-state index in [0.29, 0.717) is 17.2 Å². The van der Waals surface area contributed by atoms with Crippen LogP contribution in [0.15, 0.2) is 18.2 Å². The molecule has 0 aromatic heterocycles. The van der Waals surface area contributed by atoms with Gasteiger partial charge in [0.05, 0.1) is 18.2 Å². The summed E-state index contributed by atoms with van der Waals surface area (Å²) in [5.41, 5.74) is 0.556. The van der Waals surface area contributed by atoms with Crippen LogP contribution in [0.5, 0.6) is 11.5 Å². The van der Waals surface area contributed by atoms with Gasteiger partial charge in [0.25, 0.3) is 5.91 Å². The molecule has 0 saturated carbocycles. The molecule has 3 heterocycles. The van der Waals surface area contributed by atoms with Crippen molar-refractivity contribution in [1.82, 2.24) is 9.80 Å².